The Balaban J connectivity index is 0.00000180. The van der Waals surface area contributed by atoms with E-state index in [9.17, 15) is 9.59 Å². The van der Waals surface area contributed by atoms with Gasteiger partial charge in [0, 0.05) is 25.2 Å². The Labute approximate surface area is 119 Å². The van der Waals surface area contributed by atoms with E-state index in [1.165, 1.54) is 19.3 Å². The van der Waals surface area contributed by atoms with E-state index in [1.807, 2.05) is 0 Å². The summed E-state index contributed by atoms with van der Waals surface area (Å²) in [4.78, 5) is 24.6. The number of amides is 3. The van der Waals surface area contributed by atoms with Crippen LogP contribution in [0.1, 0.15) is 32.1 Å². The molecule has 0 unspecified atom stereocenters. The van der Waals surface area contributed by atoms with E-state index in [4.69, 9.17) is 5.73 Å². The topological polar surface area (TPSA) is 87.5 Å². The van der Waals surface area contributed by atoms with Crippen LogP contribution in [0.25, 0.3) is 0 Å². The standard InChI is InChI=1S/C12H22N4O2.ClH/c13-11(18)15-10(17)8-16-7-6-14-9-12(16)4-2-1-3-5-12;/h14H,1-9H2,(H3,13,15,17,18);1H. The molecule has 1 aliphatic heterocycles. The molecule has 1 aliphatic carbocycles. The maximum atomic E-state index is 11.7. The summed E-state index contributed by atoms with van der Waals surface area (Å²) in [6, 6.07) is -0.771. The van der Waals surface area contributed by atoms with Gasteiger partial charge >= 0.3 is 6.03 Å². The van der Waals surface area contributed by atoms with Crippen LogP contribution in [0.15, 0.2) is 0 Å². The van der Waals surface area contributed by atoms with Crippen molar-refractivity contribution in [2.45, 2.75) is 37.6 Å². The Kier molecular flexibility index (Phi) is 6.03. The van der Waals surface area contributed by atoms with Crippen LogP contribution < -0.4 is 16.4 Å². The summed E-state index contributed by atoms with van der Waals surface area (Å²) in [6.45, 7) is 2.96. The predicted octanol–water partition coefficient (Wildman–Crippen LogP) is 0.211. The second-order valence-corrected chi connectivity index (χ2v) is 5.30. The van der Waals surface area contributed by atoms with Crippen molar-refractivity contribution in [1.82, 2.24) is 15.5 Å². The first kappa shape index (κ1) is 16.2. The monoisotopic (exact) mass is 290 g/mol. The molecule has 0 aromatic heterocycles. The van der Waals surface area contributed by atoms with Gasteiger partial charge in [0.15, 0.2) is 0 Å². The van der Waals surface area contributed by atoms with E-state index >= 15 is 0 Å². The van der Waals surface area contributed by atoms with Crippen molar-refractivity contribution >= 4 is 24.3 Å². The quantitative estimate of drug-likeness (QED) is 0.678. The minimum atomic E-state index is -0.771. The smallest absolute Gasteiger partial charge is 0.318 e. The van der Waals surface area contributed by atoms with Crippen LogP contribution in [0.3, 0.4) is 0 Å². The van der Waals surface area contributed by atoms with Gasteiger partial charge in [0.2, 0.25) is 5.91 Å². The molecule has 6 nitrogen and oxygen atoms in total. The highest BCUT2D eigenvalue weighted by Gasteiger charge is 2.40. The van der Waals surface area contributed by atoms with E-state index in [2.05, 4.69) is 15.5 Å². The minimum Gasteiger partial charge on any atom is -0.351 e. The first-order valence-electron chi connectivity index (χ1n) is 6.67. The van der Waals surface area contributed by atoms with Gasteiger partial charge in [-0.25, -0.2) is 4.79 Å². The highest BCUT2D eigenvalue weighted by Crippen LogP contribution is 2.34. The molecule has 7 heteroatoms. The molecule has 0 atom stereocenters. The van der Waals surface area contributed by atoms with Crippen LogP contribution in [-0.4, -0.2) is 48.6 Å². The van der Waals surface area contributed by atoms with Crippen molar-refractivity contribution < 1.29 is 9.59 Å². The molecular formula is C12H23ClN4O2. The lowest BCUT2D eigenvalue weighted by Crippen LogP contribution is -2.63. The van der Waals surface area contributed by atoms with Crippen molar-refractivity contribution in [3.63, 3.8) is 0 Å². The third-order valence-corrected chi connectivity index (χ3v) is 4.06. The minimum absolute atomic E-state index is 0. The van der Waals surface area contributed by atoms with Crippen LogP contribution in [0.5, 0.6) is 0 Å². The fourth-order valence-corrected chi connectivity index (χ4v) is 3.18. The second-order valence-electron chi connectivity index (χ2n) is 5.30. The number of imide groups is 1. The summed E-state index contributed by atoms with van der Waals surface area (Å²) in [5.41, 5.74) is 5.07. The zero-order valence-corrected chi connectivity index (χ0v) is 11.9. The molecular weight excluding hydrogens is 268 g/mol. The molecule has 0 aromatic rings. The third-order valence-electron chi connectivity index (χ3n) is 4.06. The zero-order chi connectivity index (χ0) is 13.0. The van der Waals surface area contributed by atoms with Gasteiger partial charge < -0.3 is 11.1 Å². The van der Waals surface area contributed by atoms with Gasteiger partial charge in [-0.3, -0.25) is 15.0 Å². The Morgan fingerprint density at radius 1 is 1.26 bits per heavy atom. The fraction of sp³-hybridized carbons (Fsp3) is 0.833. The summed E-state index contributed by atoms with van der Waals surface area (Å²) in [7, 11) is 0. The predicted molar refractivity (Wildman–Crippen MR) is 75.2 cm³/mol. The molecule has 1 heterocycles. The summed E-state index contributed by atoms with van der Waals surface area (Å²) in [6.07, 6.45) is 5.97. The molecule has 0 aromatic carbocycles. The van der Waals surface area contributed by atoms with Gasteiger partial charge in [-0.05, 0) is 12.8 Å². The van der Waals surface area contributed by atoms with Crippen LogP contribution in [-0.2, 0) is 4.79 Å². The summed E-state index contributed by atoms with van der Waals surface area (Å²) in [5.74, 6) is -0.297. The van der Waals surface area contributed by atoms with Crippen LogP contribution >= 0.6 is 12.4 Å². The maximum Gasteiger partial charge on any atom is 0.318 e. The molecule has 2 aliphatic rings. The van der Waals surface area contributed by atoms with Crippen molar-refractivity contribution in [3.05, 3.63) is 0 Å². The van der Waals surface area contributed by atoms with Gasteiger partial charge in [-0.2, -0.15) is 0 Å². The number of urea groups is 1. The van der Waals surface area contributed by atoms with Crippen molar-refractivity contribution in [1.29, 1.82) is 0 Å². The first-order chi connectivity index (χ1) is 8.62. The Bertz CT molecular complexity index is 323. The largest absolute Gasteiger partial charge is 0.351 e. The van der Waals surface area contributed by atoms with Gasteiger partial charge in [-0.15, -0.1) is 12.4 Å². The number of halogens is 1. The van der Waals surface area contributed by atoms with Crippen molar-refractivity contribution in [2.24, 2.45) is 5.73 Å². The van der Waals surface area contributed by atoms with Gasteiger partial charge in [-0.1, -0.05) is 19.3 Å². The van der Waals surface area contributed by atoms with Crippen molar-refractivity contribution in [2.75, 3.05) is 26.2 Å². The molecule has 0 bridgehead atoms. The maximum absolute atomic E-state index is 11.7. The molecule has 4 N–H and O–H groups in total. The number of carbonyl (C=O) groups excluding carboxylic acids is 2. The average molecular weight is 291 g/mol. The number of nitrogens with one attached hydrogen (secondary N) is 2. The number of carbonyl (C=O) groups is 2. The Morgan fingerprint density at radius 3 is 2.58 bits per heavy atom. The SMILES string of the molecule is Cl.NC(=O)NC(=O)CN1CCNCC12CCCCC2. The number of hydrogen-bond donors (Lipinski definition) is 3. The number of hydrogen-bond acceptors (Lipinski definition) is 4. The van der Waals surface area contributed by atoms with Crippen LogP contribution in [0.2, 0.25) is 0 Å². The average Bonchev–Trinajstić information content (AvgIpc) is 2.32. The van der Waals surface area contributed by atoms with Crippen molar-refractivity contribution in [3.8, 4) is 0 Å². The zero-order valence-electron chi connectivity index (χ0n) is 11.1. The molecule has 2 fully saturated rings. The molecule has 1 saturated heterocycles. The summed E-state index contributed by atoms with van der Waals surface area (Å²) >= 11 is 0. The number of piperazine rings is 1. The number of primary amides is 1. The summed E-state index contributed by atoms with van der Waals surface area (Å²) < 4.78 is 0. The molecule has 1 saturated carbocycles. The molecule has 19 heavy (non-hydrogen) atoms. The molecule has 1 spiro atoms. The van der Waals surface area contributed by atoms with E-state index in [1.54, 1.807) is 0 Å². The molecule has 2 rings (SSSR count). The highest BCUT2D eigenvalue weighted by atomic mass is 35.5. The molecule has 0 radical (unpaired) electrons. The lowest BCUT2D eigenvalue weighted by atomic mass is 9.79. The van der Waals surface area contributed by atoms with Gasteiger partial charge in [0.1, 0.15) is 0 Å². The normalized spacial score (nSPS) is 22.5. The third kappa shape index (κ3) is 4.06. The van der Waals surface area contributed by atoms with E-state index in [-0.39, 0.29) is 30.4 Å². The fourth-order valence-electron chi connectivity index (χ4n) is 3.18. The lowest BCUT2D eigenvalue weighted by molar-refractivity contribution is -0.123. The molecule has 110 valence electrons. The number of rotatable bonds is 2. The second kappa shape index (κ2) is 7.07. The number of nitrogens with zero attached hydrogens (tertiary/aromatic N) is 1. The first-order valence-corrected chi connectivity index (χ1v) is 6.67. The molecule has 3 amide bonds. The lowest BCUT2D eigenvalue weighted by Gasteiger charge is -2.49. The number of nitrogens with two attached hydrogens (primary N) is 1. The van der Waals surface area contributed by atoms with E-state index < -0.39 is 6.03 Å². The van der Waals surface area contributed by atoms with Crippen LogP contribution in [0, 0.1) is 0 Å². The summed E-state index contributed by atoms with van der Waals surface area (Å²) in [5, 5.41) is 5.57. The van der Waals surface area contributed by atoms with Gasteiger partial charge in [0.05, 0.1) is 6.54 Å². The van der Waals surface area contributed by atoms with Gasteiger partial charge in [0.25, 0.3) is 0 Å². The Hall–Kier alpha value is -0.850. The Morgan fingerprint density at radius 2 is 1.95 bits per heavy atom. The van der Waals surface area contributed by atoms with E-state index in [0.717, 1.165) is 32.5 Å². The van der Waals surface area contributed by atoms with Crippen LogP contribution in [0.4, 0.5) is 4.79 Å². The van der Waals surface area contributed by atoms with E-state index in [0.29, 0.717) is 0 Å². The highest BCUT2D eigenvalue weighted by molar-refractivity contribution is 5.94.